The number of hydrogen-bond donors (Lipinski definition) is 0. The van der Waals surface area contributed by atoms with E-state index in [-0.39, 0.29) is 10.2 Å². The van der Waals surface area contributed by atoms with Gasteiger partial charge in [-0.1, -0.05) is 61.0 Å². The Balaban J connectivity index is 2.22. The molecule has 1 heterocycles. The maximum absolute atomic E-state index is 5.23. The number of rotatable bonds is 3. The minimum Gasteiger partial charge on any atom is -0.496 e. The molecule has 102 valence electrons. The van der Waals surface area contributed by atoms with Crippen LogP contribution in [-0.2, 0) is 5.41 Å². The molecule has 0 aliphatic heterocycles. The highest BCUT2D eigenvalue weighted by Crippen LogP contribution is 2.37. The number of halogens is 1. The molecule has 1 aromatic heterocycles. The lowest BCUT2D eigenvalue weighted by Crippen LogP contribution is -2.10. The highest BCUT2D eigenvalue weighted by molar-refractivity contribution is 9.09. The van der Waals surface area contributed by atoms with Gasteiger partial charge in [0.05, 0.1) is 11.9 Å². The van der Waals surface area contributed by atoms with E-state index in [4.69, 9.17) is 4.74 Å². The van der Waals surface area contributed by atoms with Gasteiger partial charge in [0.2, 0.25) is 0 Å². The Morgan fingerprint density at radius 3 is 2.26 bits per heavy atom. The first-order chi connectivity index (χ1) is 8.91. The van der Waals surface area contributed by atoms with Gasteiger partial charge in [0.1, 0.15) is 5.75 Å². The van der Waals surface area contributed by atoms with Crippen LogP contribution in [0, 0.1) is 0 Å². The van der Waals surface area contributed by atoms with Gasteiger partial charge >= 0.3 is 0 Å². The van der Waals surface area contributed by atoms with E-state index in [2.05, 4.69) is 67.0 Å². The van der Waals surface area contributed by atoms with E-state index in [1.54, 1.807) is 18.4 Å². The molecular weight excluding hydrogens is 320 g/mol. The largest absolute Gasteiger partial charge is 0.496 e. The maximum atomic E-state index is 5.23. The molecule has 2 aromatic rings. The van der Waals surface area contributed by atoms with Crippen LogP contribution >= 0.6 is 27.3 Å². The quantitative estimate of drug-likeness (QED) is 0.667. The van der Waals surface area contributed by atoms with Crippen LogP contribution in [0.3, 0.4) is 0 Å². The van der Waals surface area contributed by atoms with Crippen molar-refractivity contribution in [2.45, 2.75) is 31.0 Å². The summed E-state index contributed by atoms with van der Waals surface area (Å²) in [6.07, 6.45) is 0. The molecule has 0 spiro atoms. The van der Waals surface area contributed by atoms with Crippen molar-refractivity contribution in [2.24, 2.45) is 0 Å². The van der Waals surface area contributed by atoms with Crippen molar-refractivity contribution in [3.63, 3.8) is 0 Å². The van der Waals surface area contributed by atoms with Gasteiger partial charge in [-0.25, -0.2) is 0 Å². The first kappa shape index (κ1) is 14.6. The lowest BCUT2D eigenvalue weighted by atomic mass is 9.86. The molecule has 0 saturated carbocycles. The second-order valence-electron chi connectivity index (χ2n) is 5.62. The first-order valence-corrected chi connectivity index (χ1v) is 8.08. The van der Waals surface area contributed by atoms with E-state index >= 15 is 0 Å². The molecule has 0 aliphatic carbocycles. The number of methoxy groups -OCH3 is 1. The predicted molar refractivity (Wildman–Crippen MR) is 86.8 cm³/mol. The van der Waals surface area contributed by atoms with Gasteiger partial charge in [-0.15, -0.1) is 11.3 Å². The molecule has 1 unspecified atom stereocenters. The molecular formula is C16H19BrOS. The highest BCUT2D eigenvalue weighted by atomic mass is 79.9. The van der Waals surface area contributed by atoms with Crippen molar-refractivity contribution in [1.82, 2.24) is 0 Å². The normalized spacial score (nSPS) is 13.3. The van der Waals surface area contributed by atoms with E-state index in [0.29, 0.717) is 0 Å². The summed E-state index contributed by atoms with van der Waals surface area (Å²) in [7, 11) is 1.70. The fraction of sp³-hybridized carbons (Fsp3) is 0.375. The molecule has 19 heavy (non-hydrogen) atoms. The van der Waals surface area contributed by atoms with E-state index in [1.165, 1.54) is 16.0 Å². The lowest BCUT2D eigenvalue weighted by Gasteiger charge is -2.19. The topological polar surface area (TPSA) is 9.23 Å². The van der Waals surface area contributed by atoms with Crippen LogP contribution < -0.4 is 4.74 Å². The second-order valence-corrected chi connectivity index (χ2v) is 7.48. The molecule has 1 atom stereocenters. The van der Waals surface area contributed by atoms with Crippen molar-refractivity contribution < 1.29 is 4.74 Å². The van der Waals surface area contributed by atoms with Crippen molar-refractivity contribution in [2.75, 3.05) is 7.11 Å². The van der Waals surface area contributed by atoms with Crippen LogP contribution in [0.1, 0.15) is 41.6 Å². The SMILES string of the molecule is COc1csc(C(Br)c2ccc(C(C)(C)C)cc2)c1. The molecule has 0 aliphatic rings. The summed E-state index contributed by atoms with van der Waals surface area (Å²) in [6, 6.07) is 10.9. The summed E-state index contributed by atoms with van der Waals surface area (Å²) in [5.74, 6) is 0.927. The van der Waals surface area contributed by atoms with Crippen LogP contribution in [0.4, 0.5) is 0 Å². The van der Waals surface area contributed by atoms with Crippen molar-refractivity contribution in [1.29, 1.82) is 0 Å². The molecule has 1 aromatic carbocycles. The molecule has 3 heteroatoms. The zero-order valence-corrected chi connectivity index (χ0v) is 14.1. The van der Waals surface area contributed by atoms with Gasteiger partial charge in [-0.3, -0.25) is 0 Å². The van der Waals surface area contributed by atoms with Gasteiger partial charge in [0.15, 0.2) is 0 Å². The molecule has 1 nitrogen and oxygen atoms in total. The van der Waals surface area contributed by atoms with Crippen LogP contribution in [0.2, 0.25) is 0 Å². The average molecular weight is 339 g/mol. The van der Waals surface area contributed by atoms with Crippen molar-refractivity contribution in [3.8, 4) is 5.75 Å². The van der Waals surface area contributed by atoms with E-state index in [9.17, 15) is 0 Å². The second kappa shape index (κ2) is 5.68. The van der Waals surface area contributed by atoms with Crippen LogP contribution in [0.5, 0.6) is 5.75 Å². The number of thiophene rings is 1. The summed E-state index contributed by atoms with van der Waals surface area (Å²) >= 11 is 5.48. The molecule has 0 N–H and O–H groups in total. The smallest absolute Gasteiger partial charge is 0.129 e. The molecule has 0 bridgehead atoms. The minimum absolute atomic E-state index is 0.201. The van der Waals surface area contributed by atoms with E-state index in [0.717, 1.165) is 5.75 Å². The molecule has 0 amide bonds. The van der Waals surface area contributed by atoms with Gasteiger partial charge < -0.3 is 4.74 Å². The van der Waals surface area contributed by atoms with Gasteiger partial charge in [-0.2, -0.15) is 0 Å². The minimum atomic E-state index is 0.201. The zero-order chi connectivity index (χ0) is 14.0. The third-order valence-corrected chi connectivity index (χ3v) is 5.45. The third-order valence-electron chi connectivity index (χ3n) is 3.15. The monoisotopic (exact) mass is 338 g/mol. The Bertz CT molecular complexity index is 537. The Hall–Kier alpha value is -0.800. The summed E-state index contributed by atoms with van der Waals surface area (Å²) in [6.45, 7) is 6.70. The van der Waals surface area contributed by atoms with E-state index < -0.39 is 0 Å². The van der Waals surface area contributed by atoms with E-state index in [1.807, 2.05) is 5.38 Å². The number of hydrogen-bond acceptors (Lipinski definition) is 2. The Kier molecular flexibility index (Phi) is 4.36. The first-order valence-electron chi connectivity index (χ1n) is 6.29. The maximum Gasteiger partial charge on any atom is 0.129 e. The van der Waals surface area contributed by atoms with Crippen LogP contribution in [-0.4, -0.2) is 7.11 Å². The van der Waals surface area contributed by atoms with Crippen molar-refractivity contribution in [3.05, 3.63) is 51.7 Å². The molecule has 0 fully saturated rings. The Morgan fingerprint density at radius 1 is 1.16 bits per heavy atom. The third kappa shape index (κ3) is 3.40. The number of benzene rings is 1. The molecule has 0 radical (unpaired) electrons. The Morgan fingerprint density at radius 2 is 1.79 bits per heavy atom. The molecule has 2 rings (SSSR count). The van der Waals surface area contributed by atoms with Gasteiger partial charge in [0.25, 0.3) is 0 Å². The summed E-state index contributed by atoms with van der Waals surface area (Å²) in [5.41, 5.74) is 2.84. The number of ether oxygens (including phenoxy) is 1. The van der Waals surface area contributed by atoms with Crippen LogP contribution in [0.15, 0.2) is 35.7 Å². The van der Waals surface area contributed by atoms with Gasteiger partial charge in [0, 0.05) is 10.3 Å². The Labute approximate surface area is 127 Å². The standard InChI is InChI=1S/C16H19BrOS/c1-16(2,3)12-7-5-11(6-8-12)15(17)14-9-13(18-4)10-19-14/h5-10,15H,1-4H3. The summed E-state index contributed by atoms with van der Waals surface area (Å²) in [4.78, 5) is 1.50. The van der Waals surface area contributed by atoms with Gasteiger partial charge in [-0.05, 0) is 22.6 Å². The summed E-state index contributed by atoms with van der Waals surface area (Å²) < 4.78 is 5.23. The average Bonchev–Trinajstić information content (AvgIpc) is 2.86. The zero-order valence-electron chi connectivity index (χ0n) is 11.7. The van der Waals surface area contributed by atoms with Crippen molar-refractivity contribution >= 4 is 27.3 Å². The van der Waals surface area contributed by atoms with Crippen LogP contribution in [0.25, 0.3) is 0 Å². The lowest BCUT2D eigenvalue weighted by molar-refractivity contribution is 0.416. The fourth-order valence-electron chi connectivity index (χ4n) is 1.89. The number of alkyl halides is 1. The highest BCUT2D eigenvalue weighted by Gasteiger charge is 2.16. The summed E-state index contributed by atoms with van der Waals surface area (Å²) in [5, 5.41) is 2.03. The predicted octanol–water partition coefficient (Wildman–Crippen LogP) is 5.54. The molecule has 0 saturated heterocycles. The fourth-order valence-corrected chi connectivity index (χ4v) is 3.51.